The molecule has 0 amide bonds. The lowest BCUT2D eigenvalue weighted by atomic mass is 9.96. The lowest BCUT2D eigenvalue weighted by Crippen LogP contribution is -2.21. The first-order valence-corrected chi connectivity index (χ1v) is 6.85. The van der Waals surface area contributed by atoms with Gasteiger partial charge in [0.15, 0.2) is 0 Å². The van der Waals surface area contributed by atoms with Gasteiger partial charge in [-0.3, -0.25) is 0 Å². The van der Waals surface area contributed by atoms with Crippen LogP contribution in [0.2, 0.25) is 5.02 Å². The molecule has 1 aromatic rings. The largest absolute Gasteiger partial charge is 0.380 e. The predicted octanol–water partition coefficient (Wildman–Crippen LogP) is 5.00. The van der Waals surface area contributed by atoms with Crippen LogP contribution >= 0.6 is 11.6 Å². The van der Waals surface area contributed by atoms with Crippen molar-refractivity contribution in [1.29, 1.82) is 0 Å². The zero-order valence-corrected chi connectivity index (χ0v) is 10.8. The third kappa shape index (κ3) is 3.88. The van der Waals surface area contributed by atoms with Gasteiger partial charge in [0, 0.05) is 11.1 Å². The van der Waals surface area contributed by atoms with Gasteiger partial charge in [0.1, 0.15) is 5.82 Å². The first-order chi connectivity index (χ1) is 8.25. The van der Waals surface area contributed by atoms with Crippen LogP contribution in [0.4, 0.5) is 10.1 Å². The van der Waals surface area contributed by atoms with E-state index in [0.29, 0.717) is 16.8 Å². The van der Waals surface area contributed by atoms with E-state index in [1.165, 1.54) is 38.2 Å². The van der Waals surface area contributed by atoms with Gasteiger partial charge in [-0.2, -0.15) is 0 Å². The van der Waals surface area contributed by atoms with Crippen LogP contribution in [0.5, 0.6) is 0 Å². The maximum absolute atomic E-state index is 13.6. The SMILES string of the molecule is Fc1ccc(Cl)cc1NC1CCCCCCC1. The van der Waals surface area contributed by atoms with Crippen molar-refractivity contribution >= 4 is 17.3 Å². The minimum Gasteiger partial charge on any atom is -0.380 e. The van der Waals surface area contributed by atoms with Gasteiger partial charge in [0.2, 0.25) is 0 Å². The van der Waals surface area contributed by atoms with E-state index in [-0.39, 0.29) is 5.82 Å². The lowest BCUT2D eigenvalue weighted by Gasteiger charge is -2.22. The molecule has 0 aromatic heterocycles. The molecule has 0 atom stereocenters. The van der Waals surface area contributed by atoms with Gasteiger partial charge < -0.3 is 5.32 Å². The summed E-state index contributed by atoms with van der Waals surface area (Å²) in [5.74, 6) is -0.212. The number of nitrogens with one attached hydrogen (secondary N) is 1. The van der Waals surface area contributed by atoms with E-state index in [1.54, 1.807) is 12.1 Å². The molecule has 1 saturated carbocycles. The van der Waals surface area contributed by atoms with Crippen molar-refractivity contribution < 1.29 is 4.39 Å². The highest BCUT2D eigenvalue weighted by molar-refractivity contribution is 6.30. The second-order valence-electron chi connectivity index (χ2n) is 4.81. The van der Waals surface area contributed by atoms with E-state index < -0.39 is 0 Å². The fraction of sp³-hybridized carbons (Fsp3) is 0.571. The number of hydrogen-bond acceptors (Lipinski definition) is 1. The Kier molecular flexibility index (Phi) is 4.66. The van der Waals surface area contributed by atoms with Crippen molar-refractivity contribution in [2.45, 2.75) is 51.0 Å². The van der Waals surface area contributed by atoms with Gasteiger partial charge in [0.05, 0.1) is 5.69 Å². The van der Waals surface area contributed by atoms with Crippen LogP contribution in [0.1, 0.15) is 44.9 Å². The third-order valence-corrected chi connectivity index (χ3v) is 3.63. The Bertz CT molecular complexity index is 359. The van der Waals surface area contributed by atoms with Gasteiger partial charge >= 0.3 is 0 Å². The zero-order chi connectivity index (χ0) is 12.1. The van der Waals surface area contributed by atoms with E-state index in [4.69, 9.17) is 11.6 Å². The molecule has 1 fully saturated rings. The highest BCUT2D eigenvalue weighted by atomic mass is 35.5. The molecule has 0 saturated heterocycles. The summed E-state index contributed by atoms with van der Waals surface area (Å²) in [5, 5.41) is 3.88. The van der Waals surface area contributed by atoms with Crippen LogP contribution in [0, 0.1) is 5.82 Å². The Balaban J connectivity index is 2.00. The van der Waals surface area contributed by atoms with E-state index >= 15 is 0 Å². The summed E-state index contributed by atoms with van der Waals surface area (Å²) in [6.45, 7) is 0. The molecule has 17 heavy (non-hydrogen) atoms. The first-order valence-electron chi connectivity index (χ1n) is 6.47. The fourth-order valence-electron chi connectivity index (χ4n) is 2.43. The number of halogens is 2. The van der Waals surface area contributed by atoms with Crippen LogP contribution in [-0.2, 0) is 0 Å². The molecule has 3 heteroatoms. The molecule has 2 rings (SSSR count). The number of hydrogen-bond donors (Lipinski definition) is 1. The van der Waals surface area contributed by atoms with Crippen molar-refractivity contribution in [1.82, 2.24) is 0 Å². The maximum Gasteiger partial charge on any atom is 0.146 e. The number of anilines is 1. The Labute approximate surface area is 107 Å². The summed E-state index contributed by atoms with van der Waals surface area (Å²) in [6, 6.07) is 5.08. The Morgan fingerprint density at radius 1 is 1.06 bits per heavy atom. The van der Waals surface area contributed by atoms with Gasteiger partial charge in [-0.25, -0.2) is 4.39 Å². The third-order valence-electron chi connectivity index (χ3n) is 3.39. The van der Waals surface area contributed by atoms with Gasteiger partial charge in [-0.05, 0) is 31.0 Å². The summed E-state index contributed by atoms with van der Waals surface area (Å²) in [6.07, 6.45) is 8.68. The summed E-state index contributed by atoms with van der Waals surface area (Å²) >= 11 is 5.89. The molecule has 1 nitrogen and oxygen atoms in total. The summed E-state index contributed by atoms with van der Waals surface area (Å²) in [7, 11) is 0. The zero-order valence-electron chi connectivity index (χ0n) is 10.0. The quantitative estimate of drug-likeness (QED) is 0.784. The van der Waals surface area contributed by atoms with Crippen LogP contribution in [0.15, 0.2) is 18.2 Å². The Morgan fingerprint density at radius 3 is 2.41 bits per heavy atom. The molecule has 1 aromatic carbocycles. The highest BCUT2D eigenvalue weighted by Gasteiger charge is 2.13. The van der Waals surface area contributed by atoms with Crippen molar-refractivity contribution in [3.63, 3.8) is 0 Å². The minimum absolute atomic E-state index is 0.212. The summed E-state index contributed by atoms with van der Waals surface area (Å²) in [5.41, 5.74) is 0.545. The average molecular weight is 256 g/mol. The molecule has 0 spiro atoms. The second-order valence-corrected chi connectivity index (χ2v) is 5.25. The van der Waals surface area contributed by atoms with E-state index in [2.05, 4.69) is 5.32 Å². The highest BCUT2D eigenvalue weighted by Crippen LogP contribution is 2.24. The van der Waals surface area contributed by atoms with Crippen LogP contribution in [0.3, 0.4) is 0 Å². The van der Waals surface area contributed by atoms with E-state index in [1.807, 2.05) is 0 Å². The molecule has 0 aliphatic heterocycles. The van der Waals surface area contributed by atoms with Crippen LogP contribution < -0.4 is 5.32 Å². The maximum atomic E-state index is 13.6. The normalized spacial score (nSPS) is 18.5. The molecule has 1 aliphatic rings. The fourth-order valence-corrected chi connectivity index (χ4v) is 2.60. The molecule has 1 N–H and O–H groups in total. The van der Waals surface area contributed by atoms with Gasteiger partial charge in [-0.15, -0.1) is 0 Å². The molecule has 0 unspecified atom stereocenters. The summed E-state index contributed by atoms with van der Waals surface area (Å²) in [4.78, 5) is 0. The van der Waals surface area contributed by atoms with Crippen molar-refractivity contribution in [3.8, 4) is 0 Å². The van der Waals surface area contributed by atoms with Gasteiger partial charge in [0.25, 0.3) is 0 Å². The molecule has 1 aliphatic carbocycles. The van der Waals surface area contributed by atoms with Crippen LogP contribution in [0.25, 0.3) is 0 Å². The molecule has 0 heterocycles. The average Bonchev–Trinajstić information content (AvgIpc) is 2.27. The van der Waals surface area contributed by atoms with Crippen molar-refractivity contribution in [2.24, 2.45) is 0 Å². The minimum atomic E-state index is -0.212. The predicted molar refractivity (Wildman–Crippen MR) is 71.1 cm³/mol. The first kappa shape index (κ1) is 12.7. The summed E-state index contributed by atoms with van der Waals surface area (Å²) < 4.78 is 13.6. The molecular weight excluding hydrogens is 237 g/mol. The van der Waals surface area contributed by atoms with Crippen molar-refractivity contribution in [3.05, 3.63) is 29.0 Å². The number of benzene rings is 1. The standard InChI is InChI=1S/C14H19ClFN/c15-11-8-9-13(16)14(10-11)17-12-6-4-2-1-3-5-7-12/h8-10,12,17H,1-7H2. The van der Waals surface area contributed by atoms with E-state index in [0.717, 1.165) is 12.8 Å². The lowest BCUT2D eigenvalue weighted by molar-refractivity contribution is 0.469. The van der Waals surface area contributed by atoms with Crippen LogP contribution in [-0.4, -0.2) is 6.04 Å². The molecule has 94 valence electrons. The Morgan fingerprint density at radius 2 is 1.71 bits per heavy atom. The number of rotatable bonds is 2. The molecule has 0 bridgehead atoms. The van der Waals surface area contributed by atoms with Crippen molar-refractivity contribution in [2.75, 3.05) is 5.32 Å². The molecule has 0 radical (unpaired) electrons. The monoisotopic (exact) mass is 255 g/mol. The smallest absolute Gasteiger partial charge is 0.146 e. The topological polar surface area (TPSA) is 12.0 Å². The Hall–Kier alpha value is -0.760. The second kappa shape index (κ2) is 6.25. The molecular formula is C14H19ClFN. The van der Waals surface area contributed by atoms with E-state index in [9.17, 15) is 4.39 Å². The van der Waals surface area contributed by atoms with Gasteiger partial charge in [-0.1, -0.05) is 43.7 Å².